The van der Waals surface area contributed by atoms with Gasteiger partial charge in [-0.05, 0) is 29.8 Å². The maximum Gasteiger partial charge on any atom is 0.216 e. The van der Waals surface area contributed by atoms with Gasteiger partial charge in [0, 0.05) is 18.3 Å². The van der Waals surface area contributed by atoms with Crippen molar-refractivity contribution in [1.29, 1.82) is 0 Å². The molecule has 0 radical (unpaired) electrons. The molecule has 2 rings (SSSR count). The molecule has 0 saturated carbocycles. The van der Waals surface area contributed by atoms with Crippen molar-refractivity contribution in [3.8, 4) is 0 Å². The molecule has 1 heterocycles. The van der Waals surface area contributed by atoms with Crippen LogP contribution in [0, 0.1) is 0 Å². The summed E-state index contributed by atoms with van der Waals surface area (Å²) in [5.74, 6) is 2.00. The lowest BCUT2D eigenvalue weighted by molar-refractivity contribution is 0.562. The number of sulfonamides is 1. The number of benzene rings is 1. The van der Waals surface area contributed by atoms with E-state index in [0.717, 1.165) is 36.6 Å². The summed E-state index contributed by atoms with van der Waals surface area (Å²) in [6, 6.07) is 7.88. The Morgan fingerprint density at radius 3 is 2.55 bits per heavy atom. The minimum atomic E-state index is -3.23. The first-order valence-corrected chi connectivity index (χ1v) is 9.76. The smallest absolute Gasteiger partial charge is 0.216 e. The van der Waals surface area contributed by atoms with Crippen LogP contribution in [0.3, 0.4) is 0 Å². The summed E-state index contributed by atoms with van der Waals surface area (Å²) in [6.45, 7) is 3.81. The Morgan fingerprint density at radius 2 is 1.95 bits per heavy atom. The molecule has 1 aliphatic rings. The van der Waals surface area contributed by atoms with E-state index in [1.54, 1.807) is 11.8 Å². The minimum absolute atomic E-state index is 0.0651. The molecule has 20 heavy (non-hydrogen) atoms. The van der Waals surface area contributed by atoms with Crippen molar-refractivity contribution < 1.29 is 8.42 Å². The van der Waals surface area contributed by atoms with Crippen molar-refractivity contribution in [3.63, 3.8) is 0 Å². The van der Waals surface area contributed by atoms with Crippen LogP contribution in [0.25, 0.3) is 0 Å². The van der Waals surface area contributed by atoms with Crippen LogP contribution in [-0.4, -0.2) is 32.5 Å². The molecule has 0 aromatic heterocycles. The predicted octanol–water partition coefficient (Wildman–Crippen LogP) is 1.72. The van der Waals surface area contributed by atoms with Gasteiger partial charge in [-0.15, -0.1) is 0 Å². The second-order valence-corrected chi connectivity index (χ2v) is 7.94. The van der Waals surface area contributed by atoms with Crippen LogP contribution in [0.15, 0.2) is 24.3 Å². The third-order valence-corrected chi connectivity index (χ3v) is 5.80. The van der Waals surface area contributed by atoms with E-state index in [-0.39, 0.29) is 11.8 Å². The van der Waals surface area contributed by atoms with Gasteiger partial charge in [0.15, 0.2) is 0 Å². The zero-order valence-electron chi connectivity index (χ0n) is 11.8. The first-order valence-electron chi connectivity index (χ1n) is 6.95. The summed E-state index contributed by atoms with van der Waals surface area (Å²) in [5.41, 5.74) is 2.01. The SMILES string of the molecule is CCNCc1ccc(CS(=O)(=O)NC2CCSC2)cc1. The molecular weight excluding hydrogens is 292 g/mol. The Morgan fingerprint density at radius 1 is 1.25 bits per heavy atom. The maximum absolute atomic E-state index is 12.1. The maximum atomic E-state index is 12.1. The van der Waals surface area contributed by atoms with E-state index in [4.69, 9.17) is 0 Å². The van der Waals surface area contributed by atoms with Gasteiger partial charge in [-0.1, -0.05) is 31.2 Å². The Balaban J connectivity index is 1.91. The Bertz CT molecular complexity index is 508. The molecule has 0 amide bonds. The molecule has 1 aromatic carbocycles. The quantitative estimate of drug-likeness (QED) is 0.804. The van der Waals surface area contributed by atoms with Crippen LogP contribution in [0.4, 0.5) is 0 Å². The van der Waals surface area contributed by atoms with Crippen molar-refractivity contribution in [2.75, 3.05) is 18.1 Å². The molecular formula is C14H22N2O2S2. The molecule has 0 aliphatic carbocycles. The molecule has 0 spiro atoms. The molecule has 1 aromatic rings. The molecule has 1 unspecified atom stereocenters. The highest BCUT2D eigenvalue weighted by Gasteiger charge is 2.21. The minimum Gasteiger partial charge on any atom is -0.313 e. The lowest BCUT2D eigenvalue weighted by atomic mass is 10.1. The fraction of sp³-hybridized carbons (Fsp3) is 0.571. The lowest BCUT2D eigenvalue weighted by Gasteiger charge is -2.12. The molecule has 6 heteroatoms. The van der Waals surface area contributed by atoms with E-state index in [9.17, 15) is 8.42 Å². The summed E-state index contributed by atoms with van der Waals surface area (Å²) in [7, 11) is -3.23. The molecule has 1 aliphatic heterocycles. The lowest BCUT2D eigenvalue weighted by Crippen LogP contribution is -2.35. The van der Waals surface area contributed by atoms with E-state index in [0.29, 0.717) is 0 Å². The van der Waals surface area contributed by atoms with Crippen LogP contribution in [0.1, 0.15) is 24.5 Å². The van der Waals surface area contributed by atoms with Gasteiger partial charge in [0.05, 0.1) is 5.75 Å². The number of hydrogen-bond donors (Lipinski definition) is 2. The van der Waals surface area contributed by atoms with Gasteiger partial charge in [0.25, 0.3) is 0 Å². The zero-order chi connectivity index (χ0) is 14.4. The summed E-state index contributed by atoms with van der Waals surface area (Å²) >= 11 is 1.80. The van der Waals surface area contributed by atoms with Gasteiger partial charge in [0.1, 0.15) is 0 Å². The number of thioether (sulfide) groups is 1. The molecule has 2 N–H and O–H groups in total. The third kappa shape index (κ3) is 5.09. The number of nitrogens with one attached hydrogen (secondary N) is 2. The van der Waals surface area contributed by atoms with Crippen LogP contribution in [0.5, 0.6) is 0 Å². The first-order chi connectivity index (χ1) is 9.59. The first kappa shape index (κ1) is 15.8. The Kier molecular flexibility index (Phi) is 5.89. The second kappa shape index (κ2) is 7.45. The van der Waals surface area contributed by atoms with Gasteiger partial charge in [-0.3, -0.25) is 0 Å². The van der Waals surface area contributed by atoms with Crippen LogP contribution in [-0.2, 0) is 22.3 Å². The van der Waals surface area contributed by atoms with E-state index in [1.165, 1.54) is 5.56 Å². The highest BCUT2D eigenvalue weighted by molar-refractivity contribution is 7.99. The summed E-state index contributed by atoms with van der Waals surface area (Å²) in [6.07, 6.45) is 0.936. The Labute approximate surface area is 125 Å². The van der Waals surface area contributed by atoms with Gasteiger partial charge < -0.3 is 5.32 Å². The molecule has 0 bridgehead atoms. The fourth-order valence-electron chi connectivity index (χ4n) is 2.17. The number of hydrogen-bond acceptors (Lipinski definition) is 4. The van der Waals surface area contributed by atoms with Crippen LogP contribution in [0.2, 0.25) is 0 Å². The van der Waals surface area contributed by atoms with Gasteiger partial charge in [-0.2, -0.15) is 11.8 Å². The summed E-state index contributed by atoms with van der Waals surface area (Å²) in [4.78, 5) is 0. The monoisotopic (exact) mass is 314 g/mol. The summed E-state index contributed by atoms with van der Waals surface area (Å²) in [5, 5.41) is 3.25. The van der Waals surface area contributed by atoms with E-state index in [2.05, 4.69) is 17.0 Å². The van der Waals surface area contributed by atoms with Crippen molar-refractivity contribution in [2.45, 2.75) is 31.7 Å². The largest absolute Gasteiger partial charge is 0.313 e. The average Bonchev–Trinajstić information content (AvgIpc) is 2.89. The average molecular weight is 314 g/mol. The van der Waals surface area contributed by atoms with Gasteiger partial charge in [0.2, 0.25) is 10.0 Å². The second-order valence-electron chi connectivity index (χ2n) is 5.03. The molecule has 112 valence electrons. The van der Waals surface area contributed by atoms with Crippen molar-refractivity contribution in [2.24, 2.45) is 0 Å². The van der Waals surface area contributed by atoms with Crippen LogP contribution >= 0.6 is 11.8 Å². The van der Waals surface area contributed by atoms with E-state index >= 15 is 0 Å². The Hall–Kier alpha value is -0.560. The molecule has 1 fully saturated rings. The molecule has 1 atom stereocenters. The van der Waals surface area contributed by atoms with Gasteiger partial charge in [-0.25, -0.2) is 13.1 Å². The van der Waals surface area contributed by atoms with E-state index in [1.807, 2.05) is 24.3 Å². The molecule has 1 saturated heterocycles. The highest BCUT2D eigenvalue weighted by atomic mass is 32.2. The van der Waals surface area contributed by atoms with Gasteiger partial charge >= 0.3 is 0 Å². The van der Waals surface area contributed by atoms with Crippen molar-refractivity contribution in [3.05, 3.63) is 35.4 Å². The fourth-order valence-corrected chi connectivity index (χ4v) is 4.85. The molecule has 4 nitrogen and oxygen atoms in total. The van der Waals surface area contributed by atoms with Crippen LogP contribution < -0.4 is 10.0 Å². The highest BCUT2D eigenvalue weighted by Crippen LogP contribution is 2.18. The normalized spacial score (nSPS) is 19.4. The zero-order valence-corrected chi connectivity index (χ0v) is 13.4. The number of rotatable bonds is 7. The standard InChI is InChI=1S/C14H22N2O2S2/c1-2-15-9-12-3-5-13(6-4-12)11-20(17,18)16-14-7-8-19-10-14/h3-6,14-16H,2,7-11H2,1H3. The van der Waals surface area contributed by atoms with Crippen molar-refractivity contribution in [1.82, 2.24) is 10.0 Å². The predicted molar refractivity (Wildman–Crippen MR) is 85.3 cm³/mol. The third-order valence-electron chi connectivity index (χ3n) is 3.23. The van der Waals surface area contributed by atoms with E-state index < -0.39 is 10.0 Å². The van der Waals surface area contributed by atoms with Crippen molar-refractivity contribution >= 4 is 21.8 Å². The summed E-state index contributed by atoms with van der Waals surface area (Å²) < 4.78 is 27.0. The topological polar surface area (TPSA) is 58.2 Å².